The molecule has 1 aromatic heterocycles. The minimum Gasteiger partial charge on any atom is -0.332 e. The maximum atomic E-state index is 4.59. The standard InChI is InChI=1S/C12H20N4S/c1-5-9-10(6-16(4)15-9)14-11-13-7-12(2,3)8-17-11/h6H,5,7-8H2,1-4H3,(H,13,14). The Balaban J connectivity index is 2.09. The predicted octanol–water partition coefficient (Wildman–Crippen LogP) is 2.52. The van der Waals surface area contributed by atoms with E-state index in [1.54, 1.807) is 11.8 Å². The van der Waals surface area contributed by atoms with Crippen molar-refractivity contribution in [2.75, 3.05) is 17.6 Å². The van der Waals surface area contributed by atoms with Gasteiger partial charge in [0.25, 0.3) is 0 Å². The topological polar surface area (TPSA) is 42.2 Å². The highest BCUT2D eigenvalue weighted by atomic mass is 32.2. The number of nitrogens with zero attached hydrogens (tertiary/aromatic N) is 3. The van der Waals surface area contributed by atoms with Gasteiger partial charge in [-0.15, -0.1) is 0 Å². The third-order valence-corrected chi connectivity index (χ3v) is 4.16. The summed E-state index contributed by atoms with van der Waals surface area (Å²) in [5.41, 5.74) is 2.50. The van der Waals surface area contributed by atoms with Crippen LogP contribution >= 0.6 is 11.8 Å². The zero-order valence-electron chi connectivity index (χ0n) is 10.9. The zero-order valence-corrected chi connectivity index (χ0v) is 11.8. The molecule has 1 aliphatic rings. The van der Waals surface area contributed by atoms with Gasteiger partial charge in [0.05, 0.1) is 11.4 Å². The molecule has 0 amide bonds. The monoisotopic (exact) mass is 252 g/mol. The summed E-state index contributed by atoms with van der Waals surface area (Å²) in [6.45, 7) is 7.51. The average Bonchev–Trinajstić information content (AvgIpc) is 2.62. The number of aromatic nitrogens is 2. The Hall–Kier alpha value is -0.970. The molecule has 5 heteroatoms. The highest BCUT2D eigenvalue weighted by Gasteiger charge is 2.23. The van der Waals surface area contributed by atoms with E-state index >= 15 is 0 Å². The summed E-state index contributed by atoms with van der Waals surface area (Å²) in [6.07, 6.45) is 2.95. The van der Waals surface area contributed by atoms with Crippen LogP contribution in [0, 0.1) is 5.41 Å². The highest BCUT2D eigenvalue weighted by molar-refractivity contribution is 8.14. The average molecular weight is 252 g/mol. The zero-order chi connectivity index (χ0) is 12.5. The molecule has 2 rings (SSSR count). The van der Waals surface area contributed by atoms with Gasteiger partial charge in [-0.25, -0.2) is 0 Å². The SMILES string of the molecule is CCc1nn(C)cc1NC1=NCC(C)(C)CS1. The van der Waals surface area contributed by atoms with E-state index < -0.39 is 0 Å². The van der Waals surface area contributed by atoms with Gasteiger partial charge in [0, 0.05) is 25.5 Å². The number of aryl methyl sites for hydroxylation is 2. The molecule has 0 spiro atoms. The molecule has 17 heavy (non-hydrogen) atoms. The van der Waals surface area contributed by atoms with Crippen LogP contribution in [0.5, 0.6) is 0 Å². The molecule has 0 bridgehead atoms. The van der Waals surface area contributed by atoms with E-state index in [4.69, 9.17) is 0 Å². The van der Waals surface area contributed by atoms with E-state index in [1.165, 1.54) is 0 Å². The van der Waals surface area contributed by atoms with E-state index in [9.17, 15) is 0 Å². The molecule has 0 radical (unpaired) electrons. The van der Waals surface area contributed by atoms with E-state index in [2.05, 4.69) is 36.2 Å². The van der Waals surface area contributed by atoms with Crippen molar-refractivity contribution < 1.29 is 0 Å². The van der Waals surface area contributed by atoms with Crippen LogP contribution in [0.25, 0.3) is 0 Å². The second-order valence-corrected chi connectivity index (χ2v) is 6.18. The number of hydrogen-bond donors (Lipinski definition) is 1. The summed E-state index contributed by atoms with van der Waals surface area (Å²) in [7, 11) is 1.95. The van der Waals surface area contributed by atoms with Gasteiger partial charge in [0.2, 0.25) is 0 Å². The summed E-state index contributed by atoms with van der Waals surface area (Å²) in [6, 6.07) is 0. The Morgan fingerprint density at radius 1 is 1.53 bits per heavy atom. The molecular formula is C12H20N4S. The summed E-state index contributed by atoms with van der Waals surface area (Å²) in [5, 5.41) is 8.82. The van der Waals surface area contributed by atoms with Gasteiger partial charge >= 0.3 is 0 Å². The van der Waals surface area contributed by atoms with Gasteiger partial charge in [-0.3, -0.25) is 9.67 Å². The molecule has 0 unspecified atom stereocenters. The lowest BCUT2D eigenvalue weighted by atomic mass is 9.97. The van der Waals surface area contributed by atoms with Crippen LogP contribution in [-0.4, -0.2) is 27.2 Å². The van der Waals surface area contributed by atoms with Gasteiger partial charge in [0.1, 0.15) is 0 Å². The molecule has 1 aromatic rings. The molecule has 0 fully saturated rings. The van der Waals surface area contributed by atoms with Crippen LogP contribution in [0.4, 0.5) is 5.69 Å². The molecule has 94 valence electrons. The molecule has 1 N–H and O–H groups in total. The second kappa shape index (κ2) is 4.72. The Labute approximate surface area is 107 Å². The first-order valence-corrected chi connectivity index (χ1v) is 6.95. The van der Waals surface area contributed by atoms with E-state index in [1.807, 2.05) is 17.9 Å². The lowest BCUT2D eigenvalue weighted by Gasteiger charge is -2.27. The van der Waals surface area contributed by atoms with Gasteiger partial charge in [0.15, 0.2) is 5.17 Å². The minimum atomic E-state index is 0.318. The van der Waals surface area contributed by atoms with Gasteiger partial charge in [-0.05, 0) is 11.8 Å². The van der Waals surface area contributed by atoms with E-state index in [-0.39, 0.29) is 0 Å². The molecule has 0 saturated heterocycles. The van der Waals surface area contributed by atoms with Gasteiger partial charge in [-0.2, -0.15) is 5.10 Å². The van der Waals surface area contributed by atoms with Crippen molar-refractivity contribution in [3.63, 3.8) is 0 Å². The Kier molecular flexibility index (Phi) is 3.47. The summed E-state index contributed by atoms with van der Waals surface area (Å²) < 4.78 is 1.85. The van der Waals surface area contributed by atoms with Crippen molar-refractivity contribution in [1.29, 1.82) is 0 Å². The number of nitrogens with one attached hydrogen (secondary N) is 1. The Morgan fingerprint density at radius 3 is 2.88 bits per heavy atom. The van der Waals surface area contributed by atoms with Crippen LogP contribution in [0.3, 0.4) is 0 Å². The van der Waals surface area contributed by atoms with Gasteiger partial charge < -0.3 is 5.32 Å². The Bertz CT molecular complexity index is 434. The number of aliphatic imine (C=N–C) groups is 1. The van der Waals surface area contributed by atoms with Crippen molar-refractivity contribution in [2.24, 2.45) is 17.5 Å². The van der Waals surface area contributed by atoms with Gasteiger partial charge in [-0.1, -0.05) is 32.5 Å². The van der Waals surface area contributed by atoms with Crippen molar-refractivity contribution >= 4 is 22.6 Å². The predicted molar refractivity (Wildman–Crippen MR) is 74.7 cm³/mol. The molecule has 1 aliphatic heterocycles. The quantitative estimate of drug-likeness (QED) is 0.879. The third kappa shape index (κ3) is 3.03. The van der Waals surface area contributed by atoms with Crippen LogP contribution in [0.2, 0.25) is 0 Å². The number of anilines is 1. The second-order valence-electron chi connectivity index (χ2n) is 5.22. The fourth-order valence-corrected chi connectivity index (χ4v) is 2.69. The summed E-state index contributed by atoms with van der Waals surface area (Å²) >= 11 is 1.80. The molecule has 4 nitrogen and oxygen atoms in total. The third-order valence-electron chi connectivity index (χ3n) is 2.73. The fraction of sp³-hybridized carbons (Fsp3) is 0.667. The van der Waals surface area contributed by atoms with Crippen molar-refractivity contribution in [1.82, 2.24) is 9.78 Å². The number of hydrogen-bond acceptors (Lipinski definition) is 4. The molecule has 0 atom stereocenters. The summed E-state index contributed by atoms with van der Waals surface area (Å²) in [5.74, 6) is 1.11. The number of rotatable bonds is 2. The normalized spacial score (nSPS) is 18.9. The first kappa shape index (κ1) is 12.5. The molecule has 2 heterocycles. The van der Waals surface area contributed by atoms with Crippen LogP contribution < -0.4 is 5.32 Å². The summed E-state index contributed by atoms with van der Waals surface area (Å²) in [4.78, 5) is 4.59. The maximum Gasteiger partial charge on any atom is 0.161 e. The maximum absolute atomic E-state index is 4.59. The van der Waals surface area contributed by atoms with Crippen molar-refractivity contribution in [2.45, 2.75) is 27.2 Å². The van der Waals surface area contributed by atoms with Crippen molar-refractivity contribution in [3.8, 4) is 0 Å². The lowest BCUT2D eigenvalue weighted by Crippen LogP contribution is -2.27. The van der Waals surface area contributed by atoms with Crippen LogP contribution in [0.15, 0.2) is 11.2 Å². The smallest absolute Gasteiger partial charge is 0.161 e. The van der Waals surface area contributed by atoms with E-state index in [0.717, 1.165) is 35.3 Å². The fourth-order valence-electron chi connectivity index (χ4n) is 1.73. The number of thioether (sulfide) groups is 1. The van der Waals surface area contributed by atoms with Crippen molar-refractivity contribution in [3.05, 3.63) is 11.9 Å². The molecule has 0 saturated carbocycles. The first-order valence-electron chi connectivity index (χ1n) is 5.97. The minimum absolute atomic E-state index is 0.318. The van der Waals surface area contributed by atoms with Crippen LogP contribution in [-0.2, 0) is 13.5 Å². The highest BCUT2D eigenvalue weighted by Crippen LogP contribution is 2.28. The lowest BCUT2D eigenvalue weighted by molar-refractivity contribution is 0.438. The molecule has 0 aromatic carbocycles. The number of amidine groups is 1. The largest absolute Gasteiger partial charge is 0.332 e. The molecular weight excluding hydrogens is 232 g/mol. The van der Waals surface area contributed by atoms with E-state index in [0.29, 0.717) is 5.41 Å². The van der Waals surface area contributed by atoms with Crippen LogP contribution in [0.1, 0.15) is 26.5 Å². The Morgan fingerprint density at radius 2 is 2.29 bits per heavy atom. The molecule has 0 aliphatic carbocycles. The first-order chi connectivity index (χ1) is 8.00.